The van der Waals surface area contributed by atoms with Gasteiger partial charge in [-0.1, -0.05) is 52.6 Å². The first-order chi connectivity index (χ1) is 32.8. The molecule has 362 valence electrons. The first-order valence-corrected chi connectivity index (χ1v) is 27.1. The third-order valence-electron chi connectivity index (χ3n) is 10.3. The summed E-state index contributed by atoms with van der Waals surface area (Å²) in [6.45, 7) is 3.37. The van der Waals surface area contributed by atoms with E-state index in [1.54, 1.807) is 13.8 Å². The highest BCUT2D eigenvalue weighted by atomic mass is 32.2. The van der Waals surface area contributed by atoms with Crippen LogP contribution in [-0.2, 0) is 60.0 Å². The van der Waals surface area contributed by atoms with Gasteiger partial charge in [0.1, 0.15) is 53.0 Å². The van der Waals surface area contributed by atoms with Crippen LogP contribution >= 0.6 is 12.0 Å². The topological polar surface area (TPSA) is 350 Å². The number of hydrogen-bond acceptors (Lipinski definition) is 20. The molecule has 2 aromatic heterocycles. The molecule has 7 aromatic carbocycles. The number of aryl methyl sites for hydroxylation is 2. The third-order valence-corrected chi connectivity index (χ3v) is 16.0. The third kappa shape index (κ3) is 9.25. The second-order valence-corrected chi connectivity index (χ2v) is 23.1. The molecule has 0 spiro atoms. The second kappa shape index (κ2) is 17.3. The summed E-state index contributed by atoms with van der Waals surface area (Å²) < 4.78 is 178. The Morgan fingerprint density at radius 2 is 0.871 bits per heavy atom. The van der Waals surface area contributed by atoms with Crippen LogP contribution in [0.2, 0.25) is 0 Å². The molecule has 0 aliphatic heterocycles. The zero-order valence-corrected chi connectivity index (χ0v) is 39.9. The highest BCUT2D eigenvalue weighted by Gasteiger charge is 2.31. The molecule has 0 radical (unpaired) electrons. The summed E-state index contributed by atoms with van der Waals surface area (Å²) in [5.41, 5.74) is -1.51. The summed E-state index contributed by atoms with van der Waals surface area (Å²) in [5, 5.41) is 29.7. The van der Waals surface area contributed by atoms with Crippen LogP contribution in [0, 0.1) is 13.8 Å². The Hall–Kier alpha value is -6.68. The molecule has 0 aliphatic carbocycles. The molecular formula is C40H28N6O18S6. The first kappa shape index (κ1) is 48.3. The lowest BCUT2D eigenvalue weighted by molar-refractivity contribution is -0.432. The Balaban J connectivity index is 1.37. The van der Waals surface area contributed by atoms with Crippen molar-refractivity contribution in [3.05, 3.63) is 120 Å². The highest BCUT2D eigenvalue weighted by Crippen LogP contribution is 2.40. The van der Waals surface area contributed by atoms with Gasteiger partial charge in [-0.2, -0.15) is 42.1 Å². The average molecular weight is 1070 g/mol. The van der Waals surface area contributed by atoms with Crippen molar-refractivity contribution in [1.82, 2.24) is 30.0 Å². The summed E-state index contributed by atoms with van der Waals surface area (Å²) in [7, 11) is -25.0. The van der Waals surface area contributed by atoms with E-state index >= 15 is 0 Å². The Morgan fingerprint density at radius 1 is 0.471 bits per heavy atom. The maximum Gasteiger partial charge on any atom is 0.339 e. The quantitative estimate of drug-likeness (QED) is 0.0329. The summed E-state index contributed by atoms with van der Waals surface area (Å²) in [4.78, 5) is -1.68. The van der Waals surface area contributed by atoms with Crippen molar-refractivity contribution in [2.75, 3.05) is 0 Å². The summed E-state index contributed by atoms with van der Waals surface area (Å²) in [6.07, 6.45) is 0. The molecule has 24 nitrogen and oxygen atoms in total. The van der Waals surface area contributed by atoms with Crippen molar-refractivity contribution in [3.63, 3.8) is 0 Å². The van der Waals surface area contributed by atoms with Crippen molar-refractivity contribution in [2.45, 2.75) is 43.2 Å². The normalized spacial score (nSPS) is 12.9. The number of benzene rings is 7. The van der Waals surface area contributed by atoms with Gasteiger partial charge in [-0.05, 0) is 85.3 Å². The summed E-state index contributed by atoms with van der Waals surface area (Å²) in [6, 6.07) is 21.5. The maximum atomic E-state index is 14.1. The molecule has 0 saturated carbocycles. The van der Waals surface area contributed by atoms with Gasteiger partial charge in [-0.25, -0.2) is 5.26 Å². The van der Waals surface area contributed by atoms with Gasteiger partial charge >= 0.3 is 20.2 Å². The van der Waals surface area contributed by atoms with Crippen LogP contribution in [0.4, 0.5) is 0 Å². The van der Waals surface area contributed by atoms with Crippen molar-refractivity contribution < 1.29 is 78.7 Å². The van der Waals surface area contributed by atoms with Crippen molar-refractivity contribution >= 4 is 106 Å². The first-order valence-electron chi connectivity index (χ1n) is 19.3. The molecule has 9 aromatic rings. The fourth-order valence-electron chi connectivity index (χ4n) is 7.08. The van der Waals surface area contributed by atoms with E-state index in [1.165, 1.54) is 66.7 Å². The lowest BCUT2D eigenvalue weighted by Crippen LogP contribution is -2.16. The summed E-state index contributed by atoms with van der Waals surface area (Å²) >= 11 is 0.524. The van der Waals surface area contributed by atoms with Crippen LogP contribution in [0.25, 0.3) is 55.0 Å². The van der Waals surface area contributed by atoms with Gasteiger partial charge in [0.2, 0.25) is 0 Å². The van der Waals surface area contributed by atoms with E-state index in [-0.39, 0.29) is 37.5 Å². The molecule has 0 amide bonds. The predicted octanol–water partition coefficient (Wildman–Crippen LogP) is 5.78. The van der Waals surface area contributed by atoms with Crippen LogP contribution in [0.1, 0.15) is 11.1 Å². The minimum Gasteiger partial charge on any atom is -0.376 e. The van der Waals surface area contributed by atoms with Gasteiger partial charge in [-0.3, -0.25) is 13.7 Å². The molecular weight excluding hydrogens is 1040 g/mol. The molecule has 0 fully saturated rings. The van der Waals surface area contributed by atoms with Gasteiger partial charge < -0.3 is 8.37 Å². The lowest BCUT2D eigenvalue weighted by Gasteiger charge is -2.16. The fourth-order valence-corrected chi connectivity index (χ4v) is 11.2. The highest BCUT2D eigenvalue weighted by molar-refractivity contribution is 7.94. The Kier molecular flexibility index (Phi) is 12.0. The van der Waals surface area contributed by atoms with E-state index in [9.17, 15) is 55.7 Å². The minimum absolute atomic E-state index is 0.0138. The van der Waals surface area contributed by atoms with Crippen LogP contribution in [0.3, 0.4) is 0 Å². The maximum absolute atomic E-state index is 14.1. The Bertz CT molecular complexity index is 4250. The molecule has 0 saturated heterocycles. The SMILES string of the molecule is Cc1ccc(S(=O)(=O)Oc2cc(-n3nc4c(S(=O)(=O)O)cc5cc(S(=O)(=O)O)ccc5c4n3)c(OS(=O)(=O)c3ccc(C)cc3)cc2-n2nc3c(S(=O)(=O)O)cc4cc(SOOO)ccc4c3n2)cc1. The van der Waals surface area contributed by atoms with E-state index in [0.29, 0.717) is 32.8 Å². The van der Waals surface area contributed by atoms with Crippen LogP contribution < -0.4 is 8.37 Å². The van der Waals surface area contributed by atoms with Gasteiger partial charge in [0.25, 0.3) is 30.4 Å². The van der Waals surface area contributed by atoms with Gasteiger partial charge in [0.05, 0.1) is 16.9 Å². The molecule has 0 atom stereocenters. The number of rotatable bonds is 14. The second-order valence-electron chi connectivity index (χ2n) is 15.0. The Labute approximate surface area is 399 Å². The standard InChI is InChI=1S/C40H28N6O18S6/c1-21-3-8-26(9-4-21)69(57,58)61-33-20-32(46-42-38-30-14-12-28(66(48,49)50)16-24(30)18-36(40(38)44-46)68(54,55)56)34(62-70(59,60)27-10-5-22(2)6-11-27)19-31(33)45-41-37-29-13-7-25(65-64-63-47)15-23(29)17-35(39(37)43-45)67(51,52)53/h3-20,47H,1-2H3,(H,48,49,50)(H,51,52,53)(H,54,55,56). The molecule has 0 bridgehead atoms. The van der Waals surface area contributed by atoms with E-state index < -0.39 is 109 Å². The zero-order chi connectivity index (χ0) is 50.3. The minimum atomic E-state index is -5.24. The molecule has 0 aliphatic rings. The number of nitrogens with zero attached hydrogens (tertiary/aromatic N) is 6. The van der Waals surface area contributed by atoms with Gasteiger partial charge in [0.15, 0.2) is 11.5 Å². The van der Waals surface area contributed by atoms with Crippen molar-refractivity contribution in [2.24, 2.45) is 0 Å². The molecule has 4 N–H and O–H groups in total. The predicted molar refractivity (Wildman–Crippen MR) is 244 cm³/mol. The van der Waals surface area contributed by atoms with Gasteiger partial charge in [-0.15, -0.1) is 34.3 Å². The van der Waals surface area contributed by atoms with Crippen LogP contribution in [0.15, 0.2) is 139 Å². The zero-order valence-electron chi connectivity index (χ0n) is 35.0. The average Bonchev–Trinajstić information content (AvgIpc) is 3.93. The van der Waals surface area contributed by atoms with Crippen LogP contribution in [0.5, 0.6) is 11.5 Å². The summed E-state index contributed by atoms with van der Waals surface area (Å²) in [5.74, 6) is -1.52. The fraction of sp³-hybridized carbons (Fsp3) is 0.0500. The van der Waals surface area contributed by atoms with E-state index in [0.717, 1.165) is 42.5 Å². The smallest absolute Gasteiger partial charge is 0.339 e. The number of fused-ring (bicyclic) bond motifs is 6. The molecule has 2 heterocycles. The largest absolute Gasteiger partial charge is 0.376 e. The lowest BCUT2D eigenvalue weighted by atomic mass is 10.1. The molecule has 70 heavy (non-hydrogen) atoms. The van der Waals surface area contributed by atoms with Gasteiger partial charge in [0, 0.05) is 27.8 Å². The van der Waals surface area contributed by atoms with E-state index in [1.807, 2.05) is 0 Å². The van der Waals surface area contributed by atoms with Crippen molar-refractivity contribution in [1.29, 1.82) is 0 Å². The van der Waals surface area contributed by atoms with Crippen LogP contribution in [-0.4, -0.2) is 91.0 Å². The van der Waals surface area contributed by atoms with Crippen molar-refractivity contribution in [3.8, 4) is 22.9 Å². The molecule has 9 rings (SSSR count). The van der Waals surface area contributed by atoms with E-state index in [4.69, 9.17) is 13.6 Å². The Morgan fingerprint density at radius 3 is 1.29 bits per heavy atom. The monoisotopic (exact) mass is 1070 g/mol. The number of aromatic nitrogens is 6. The number of hydrogen-bond donors (Lipinski definition) is 4. The van der Waals surface area contributed by atoms with E-state index in [2.05, 4.69) is 29.8 Å². The molecule has 0 unspecified atom stereocenters. The molecule has 30 heteroatoms.